The first kappa shape index (κ1) is 13.6. The van der Waals surface area contributed by atoms with E-state index >= 15 is 0 Å². The minimum absolute atomic E-state index is 0.200. The molecule has 3 rings (SSSR count). The minimum atomic E-state index is 0.200. The van der Waals surface area contributed by atoms with Gasteiger partial charge in [-0.25, -0.2) is 0 Å². The fraction of sp³-hybridized carbons (Fsp3) is 0.588. The summed E-state index contributed by atoms with van der Waals surface area (Å²) in [4.78, 5) is 2.43. The first-order chi connectivity index (χ1) is 9.71. The maximum Gasteiger partial charge on any atom is 0.0991 e. The Morgan fingerprint density at radius 3 is 3.00 bits per heavy atom. The van der Waals surface area contributed by atoms with Crippen LogP contribution in [0.1, 0.15) is 43.2 Å². The summed E-state index contributed by atoms with van der Waals surface area (Å²) in [5.74, 6) is 0. The number of ether oxygens (including phenoxy) is 1. The number of benzene rings is 1. The molecule has 1 unspecified atom stereocenters. The van der Waals surface area contributed by atoms with E-state index in [1.807, 2.05) is 18.2 Å². The molecular weight excluding hydrogens is 248 g/mol. The van der Waals surface area contributed by atoms with E-state index < -0.39 is 0 Å². The molecule has 1 saturated heterocycles. The average molecular weight is 270 g/mol. The molecule has 3 nitrogen and oxygen atoms in total. The fourth-order valence-corrected chi connectivity index (χ4v) is 3.45. The van der Waals surface area contributed by atoms with Gasteiger partial charge in [0, 0.05) is 19.2 Å². The molecule has 1 aromatic rings. The first-order valence-electron chi connectivity index (χ1n) is 7.54. The largest absolute Gasteiger partial charge is 0.375 e. The predicted molar refractivity (Wildman–Crippen MR) is 78.2 cm³/mol. The van der Waals surface area contributed by atoms with Crippen molar-refractivity contribution in [3.8, 4) is 6.07 Å². The lowest BCUT2D eigenvalue weighted by molar-refractivity contribution is -0.147. The molecular formula is C17H22N2O. The van der Waals surface area contributed by atoms with Crippen molar-refractivity contribution < 1.29 is 4.74 Å². The van der Waals surface area contributed by atoms with E-state index in [0.717, 1.165) is 25.1 Å². The van der Waals surface area contributed by atoms with Crippen molar-refractivity contribution in [3.63, 3.8) is 0 Å². The molecule has 1 aliphatic carbocycles. The van der Waals surface area contributed by atoms with Crippen LogP contribution in [0.2, 0.25) is 0 Å². The van der Waals surface area contributed by atoms with Gasteiger partial charge < -0.3 is 4.74 Å². The molecule has 1 atom stereocenters. The Morgan fingerprint density at radius 2 is 2.30 bits per heavy atom. The van der Waals surface area contributed by atoms with Gasteiger partial charge in [-0.05, 0) is 56.8 Å². The van der Waals surface area contributed by atoms with E-state index in [1.54, 1.807) is 0 Å². The summed E-state index contributed by atoms with van der Waals surface area (Å²) in [7, 11) is 2.20. The van der Waals surface area contributed by atoms with E-state index in [9.17, 15) is 0 Å². The molecule has 0 aromatic heterocycles. The summed E-state index contributed by atoms with van der Waals surface area (Å²) in [6, 6.07) is 10.8. The Balaban J connectivity index is 1.63. The maximum absolute atomic E-state index is 8.97. The van der Waals surface area contributed by atoms with E-state index in [2.05, 4.69) is 24.1 Å². The van der Waals surface area contributed by atoms with Crippen molar-refractivity contribution in [3.05, 3.63) is 35.4 Å². The Hall–Kier alpha value is -1.37. The SMILES string of the molecule is CN(Cc1cccc(C#N)c1)C1CCOC2(CCC2)C1. The zero-order chi connectivity index (χ0) is 14.0. The minimum Gasteiger partial charge on any atom is -0.375 e. The quantitative estimate of drug-likeness (QED) is 0.847. The fourth-order valence-electron chi connectivity index (χ4n) is 3.45. The van der Waals surface area contributed by atoms with Crippen molar-refractivity contribution in [1.82, 2.24) is 4.90 Å². The van der Waals surface area contributed by atoms with Crippen LogP contribution in [0.3, 0.4) is 0 Å². The van der Waals surface area contributed by atoms with Crippen LogP contribution in [0, 0.1) is 11.3 Å². The molecule has 0 N–H and O–H groups in total. The second-order valence-corrected chi connectivity index (χ2v) is 6.26. The van der Waals surface area contributed by atoms with Gasteiger partial charge in [0.25, 0.3) is 0 Å². The number of hydrogen-bond acceptors (Lipinski definition) is 3. The zero-order valence-corrected chi connectivity index (χ0v) is 12.1. The highest BCUT2D eigenvalue weighted by molar-refractivity contribution is 5.32. The van der Waals surface area contributed by atoms with E-state index in [0.29, 0.717) is 6.04 Å². The molecule has 106 valence electrons. The maximum atomic E-state index is 8.97. The summed E-state index contributed by atoms with van der Waals surface area (Å²) in [5, 5.41) is 8.97. The van der Waals surface area contributed by atoms with Crippen LogP contribution in [0.4, 0.5) is 0 Å². The highest BCUT2D eigenvalue weighted by atomic mass is 16.5. The molecule has 1 spiro atoms. The molecule has 3 heteroatoms. The van der Waals surface area contributed by atoms with E-state index in [-0.39, 0.29) is 5.60 Å². The Morgan fingerprint density at radius 1 is 1.45 bits per heavy atom. The number of nitriles is 1. The van der Waals surface area contributed by atoms with E-state index in [1.165, 1.54) is 31.2 Å². The van der Waals surface area contributed by atoms with Crippen molar-refractivity contribution in [2.24, 2.45) is 0 Å². The van der Waals surface area contributed by atoms with Crippen LogP contribution in [0.15, 0.2) is 24.3 Å². The van der Waals surface area contributed by atoms with Crippen LogP contribution in [-0.2, 0) is 11.3 Å². The van der Waals surface area contributed by atoms with Crippen LogP contribution in [-0.4, -0.2) is 30.2 Å². The lowest BCUT2D eigenvalue weighted by Crippen LogP contribution is -2.51. The molecule has 0 amide bonds. The van der Waals surface area contributed by atoms with Crippen molar-refractivity contribution in [2.45, 2.75) is 50.3 Å². The highest BCUT2D eigenvalue weighted by Gasteiger charge is 2.43. The third-order valence-corrected chi connectivity index (χ3v) is 4.84. The monoisotopic (exact) mass is 270 g/mol. The zero-order valence-electron chi connectivity index (χ0n) is 12.1. The second kappa shape index (κ2) is 5.55. The van der Waals surface area contributed by atoms with Gasteiger partial charge in [-0.15, -0.1) is 0 Å². The van der Waals surface area contributed by atoms with Gasteiger partial charge >= 0.3 is 0 Å². The number of rotatable bonds is 3. The van der Waals surface area contributed by atoms with Crippen LogP contribution >= 0.6 is 0 Å². The first-order valence-corrected chi connectivity index (χ1v) is 7.54. The number of hydrogen-bond donors (Lipinski definition) is 0. The molecule has 20 heavy (non-hydrogen) atoms. The molecule has 2 aliphatic rings. The molecule has 2 fully saturated rings. The molecule has 0 bridgehead atoms. The summed E-state index contributed by atoms with van der Waals surface area (Å²) in [6.45, 7) is 1.81. The molecule has 1 aromatic carbocycles. The van der Waals surface area contributed by atoms with Crippen molar-refractivity contribution in [1.29, 1.82) is 5.26 Å². The van der Waals surface area contributed by atoms with Crippen LogP contribution in [0.5, 0.6) is 0 Å². The van der Waals surface area contributed by atoms with Gasteiger partial charge in [0.2, 0.25) is 0 Å². The molecule has 1 aliphatic heterocycles. The lowest BCUT2D eigenvalue weighted by Gasteiger charge is -2.49. The van der Waals surface area contributed by atoms with Gasteiger partial charge in [-0.2, -0.15) is 5.26 Å². The van der Waals surface area contributed by atoms with Crippen LogP contribution < -0.4 is 0 Å². The Kier molecular flexibility index (Phi) is 3.78. The average Bonchev–Trinajstić information content (AvgIpc) is 2.46. The predicted octanol–water partition coefficient (Wildman–Crippen LogP) is 3.09. The lowest BCUT2D eigenvalue weighted by atomic mass is 9.73. The molecule has 1 saturated carbocycles. The smallest absolute Gasteiger partial charge is 0.0991 e. The van der Waals surface area contributed by atoms with Gasteiger partial charge in [0.15, 0.2) is 0 Å². The van der Waals surface area contributed by atoms with Crippen LogP contribution in [0.25, 0.3) is 0 Å². The van der Waals surface area contributed by atoms with Crippen molar-refractivity contribution in [2.75, 3.05) is 13.7 Å². The highest BCUT2D eigenvalue weighted by Crippen LogP contribution is 2.43. The Bertz CT molecular complexity index is 516. The summed E-state index contributed by atoms with van der Waals surface area (Å²) < 4.78 is 6.00. The third kappa shape index (κ3) is 2.72. The number of nitrogens with zero attached hydrogens (tertiary/aromatic N) is 2. The summed E-state index contributed by atoms with van der Waals surface area (Å²) >= 11 is 0. The standard InChI is InChI=1S/C17H22N2O/c1-19(13-15-5-2-4-14(10-15)12-18)16-6-9-20-17(11-16)7-3-8-17/h2,4-5,10,16H,3,6-9,11,13H2,1H3. The molecule has 1 heterocycles. The normalized spacial score (nSPS) is 24.4. The van der Waals surface area contributed by atoms with Gasteiger partial charge in [-0.3, -0.25) is 4.90 Å². The second-order valence-electron chi connectivity index (χ2n) is 6.26. The third-order valence-electron chi connectivity index (χ3n) is 4.84. The van der Waals surface area contributed by atoms with E-state index in [4.69, 9.17) is 10.00 Å². The van der Waals surface area contributed by atoms with Gasteiger partial charge in [0.1, 0.15) is 0 Å². The topological polar surface area (TPSA) is 36.3 Å². The summed E-state index contributed by atoms with van der Waals surface area (Å²) in [6.07, 6.45) is 6.08. The molecule has 0 radical (unpaired) electrons. The van der Waals surface area contributed by atoms with Gasteiger partial charge in [-0.1, -0.05) is 12.1 Å². The Labute approximate surface area is 121 Å². The summed E-state index contributed by atoms with van der Waals surface area (Å²) in [5.41, 5.74) is 2.17. The van der Waals surface area contributed by atoms with Crippen molar-refractivity contribution >= 4 is 0 Å². The van der Waals surface area contributed by atoms with Gasteiger partial charge in [0.05, 0.1) is 17.2 Å².